The number of amides is 1. The van der Waals surface area contributed by atoms with Crippen LogP contribution in [0.3, 0.4) is 0 Å². The minimum Gasteiger partial charge on any atom is -0.495 e. The molecule has 5 rings (SSSR count). The maximum atomic E-state index is 13.6. The fourth-order valence-electron chi connectivity index (χ4n) is 5.47. The van der Waals surface area contributed by atoms with Gasteiger partial charge in [0.1, 0.15) is 17.1 Å². The van der Waals surface area contributed by atoms with Crippen LogP contribution in [-0.2, 0) is 15.6 Å². The number of methoxy groups -OCH3 is 1. The fraction of sp³-hybridized carbons (Fsp3) is 0.560. The molecule has 1 aromatic carbocycles. The number of carbonyl (C=O) groups is 1. The number of piperidine rings is 1. The van der Waals surface area contributed by atoms with Gasteiger partial charge < -0.3 is 29.6 Å². The van der Waals surface area contributed by atoms with E-state index in [1.54, 1.807) is 31.3 Å². The van der Waals surface area contributed by atoms with Crippen LogP contribution in [0.25, 0.3) is 0 Å². The average molecular weight is 566 g/mol. The van der Waals surface area contributed by atoms with Crippen LogP contribution in [0.4, 0.5) is 11.8 Å². The Labute approximate surface area is 226 Å². The van der Waals surface area contributed by atoms with E-state index < -0.39 is 13.9 Å². The van der Waals surface area contributed by atoms with Gasteiger partial charge in [0.15, 0.2) is 0 Å². The predicted octanol–water partition coefficient (Wildman–Crippen LogP) is 3.70. The van der Waals surface area contributed by atoms with Crippen LogP contribution in [0, 0.1) is 11.8 Å². The molecule has 0 spiro atoms. The maximum absolute atomic E-state index is 13.6. The molecule has 3 fully saturated rings. The second-order valence-corrected chi connectivity index (χ2v) is 12.0. The molecule has 1 saturated heterocycles. The molecule has 1 aliphatic heterocycles. The molecular weight excluding hydrogens is 533 g/mol. The van der Waals surface area contributed by atoms with Crippen molar-refractivity contribution in [1.29, 1.82) is 0 Å². The van der Waals surface area contributed by atoms with Crippen LogP contribution in [-0.4, -0.2) is 70.0 Å². The van der Waals surface area contributed by atoms with Crippen LogP contribution in [0.5, 0.6) is 5.75 Å². The van der Waals surface area contributed by atoms with E-state index in [1.807, 2.05) is 12.1 Å². The van der Waals surface area contributed by atoms with Gasteiger partial charge in [-0.25, -0.2) is 9.55 Å². The lowest BCUT2D eigenvalue weighted by Gasteiger charge is -2.34. The lowest BCUT2D eigenvalue weighted by Crippen LogP contribution is -2.41. The van der Waals surface area contributed by atoms with E-state index in [1.165, 1.54) is 6.42 Å². The van der Waals surface area contributed by atoms with Gasteiger partial charge in [-0.1, -0.05) is 17.7 Å². The molecule has 2 aliphatic carbocycles. The van der Waals surface area contributed by atoms with E-state index in [4.69, 9.17) is 35.6 Å². The van der Waals surface area contributed by atoms with Crippen molar-refractivity contribution in [2.75, 3.05) is 37.5 Å². The zero-order valence-corrected chi connectivity index (χ0v) is 23.1. The summed E-state index contributed by atoms with van der Waals surface area (Å²) in [5, 5.41) is 3.82. The Morgan fingerprint density at radius 1 is 1.24 bits per heavy atom. The molecular formula is C25H33ClN5O6P. The molecule has 13 heteroatoms. The summed E-state index contributed by atoms with van der Waals surface area (Å²) in [4.78, 5) is 45.0. The van der Waals surface area contributed by atoms with E-state index in [0.29, 0.717) is 72.2 Å². The largest absolute Gasteiger partial charge is 0.495 e. The van der Waals surface area contributed by atoms with Crippen molar-refractivity contribution in [2.45, 2.75) is 50.8 Å². The van der Waals surface area contributed by atoms with E-state index in [0.717, 1.165) is 18.7 Å². The van der Waals surface area contributed by atoms with Gasteiger partial charge in [-0.2, -0.15) is 4.98 Å². The molecule has 3 N–H and O–H groups in total. The molecule has 0 radical (unpaired) electrons. The van der Waals surface area contributed by atoms with Crippen LogP contribution < -0.4 is 15.0 Å². The number of carbonyl (C=O) groups excluding carboxylic acids is 1. The number of phosphoric acid groups is 1. The zero-order chi connectivity index (χ0) is 27.0. The number of hydrogen-bond donors (Lipinski definition) is 3. The molecule has 2 atom stereocenters. The number of benzene rings is 1. The summed E-state index contributed by atoms with van der Waals surface area (Å²) in [5.74, 6) is 2.88. The standard InChI is InChI=1S/C25H33ClN5O6P/c1-30(18-4-6-19(7-5-18)37-38(33,34)35)24(32)20-12-28-25(31-13-16-10-17(16)14-31)29-23(20)27-11-15-3-8-22(36-2)21(26)9-15/h3,8-9,12,16-19H,4-7,10-11,13-14H2,1-2H3,(H,27,28,29)(H2,33,34,35). The van der Waals surface area contributed by atoms with Gasteiger partial charge in [0, 0.05) is 38.9 Å². The number of nitrogens with zero attached hydrogens (tertiary/aromatic N) is 4. The van der Waals surface area contributed by atoms with Crippen LogP contribution in [0.15, 0.2) is 24.4 Å². The second kappa shape index (κ2) is 11.0. The Hall–Kier alpha value is -2.43. The first kappa shape index (κ1) is 27.1. The number of phosphoric ester groups is 1. The number of nitrogens with one attached hydrogen (secondary N) is 1. The van der Waals surface area contributed by atoms with Gasteiger partial charge in [0.25, 0.3) is 5.91 Å². The van der Waals surface area contributed by atoms with Gasteiger partial charge in [0.05, 0.1) is 18.2 Å². The zero-order valence-electron chi connectivity index (χ0n) is 21.4. The van der Waals surface area contributed by atoms with Gasteiger partial charge in [-0.3, -0.25) is 9.32 Å². The summed E-state index contributed by atoms with van der Waals surface area (Å²) in [7, 11) is -1.22. The van der Waals surface area contributed by atoms with Crippen molar-refractivity contribution in [3.8, 4) is 5.75 Å². The molecule has 2 saturated carbocycles. The summed E-state index contributed by atoms with van der Waals surface area (Å²) in [5.41, 5.74) is 1.28. The molecule has 11 nitrogen and oxygen atoms in total. The molecule has 38 heavy (non-hydrogen) atoms. The summed E-state index contributed by atoms with van der Waals surface area (Å²) in [6, 6.07) is 5.43. The van der Waals surface area contributed by atoms with Crippen LogP contribution >= 0.6 is 19.4 Å². The highest BCUT2D eigenvalue weighted by Gasteiger charge is 2.46. The predicted molar refractivity (Wildman–Crippen MR) is 142 cm³/mol. The molecule has 2 unspecified atom stereocenters. The van der Waals surface area contributed by atoms with Crippen LogP contribution in [0.2, 0.25) is 5.02 Å². The summed E-state index contributed by atoms with van der Waals surface area (Å²) < 4.78 is 21.3. The topological polar surface area (TPSA) is 137 Å². The lowest BCUT2D eigenvalue weighted by atomic mass is 9.92. The number of halogens is 1. The number of anilines is 2. The molecule has 3 aliphatic rings. The smallest absolute Gasteiger partial charge is 0.469 e. The third-order valence-electron chi connectivity index (χ3n) is 7.74. The Morgan fingerprint density at radius 3 is 2.58 bits per heavy atom. The number of fused-ring (bicyclic) bond motifs is 1. The molecule has 0 bridgehead atoms. The van der Waals surface area contributed by atoms with Crippen molar-refractivity contribution < 1.29 is 28.4 Å². The highest BCUT2D eigenvalue weighted by molar-refractivity contribution is 7.46. The minimum absolute atomic E-state index is 0.0854. The number of rotatable bonds is 9. The number of ether oxygens (including phenoxy) is 1. The second-order valence-electron chi connectivity index (χ2n) is 10.4. The van der Waals surface area contributed by atoms with Gasteiger partial charge in [-0.05, 0) is 61.6 Å². The quantitative estimate of drug-likeness (QED) is 0.386. The van der Waals surface area contributed by atoms with Crippen molar-refractivity contribution in [1.82, 2.24) is 14.9 Å². The molecule has 2 aromatic rings. The van der Waals surface area contributed by atoms with Crippen molar-refractivity contribution in [2.24, 2.45) is 11.8 Å². The van der Waals surface area contributed by atoms with Gasteiger partial charge in [0.2, 0.25) is 5.95 Å². The Kier molecular flexibility index (Phi) is 7.84. The lowest BCUT2D eigenvalue weighted by molar-refractivity contribution is 0.0541. The average Bonchev–Trinajstić information content (AvgIpc) is 3.50. The third-order valence-corrected chi connectivity index (χ3v) is 8.61. The maximum Gasteiger partial charge on any atom is 0.469 e. The van der Waals surface area contributed by atoms with Crippen molar-refractivity contribution >= 4 is 37.1 Å². The normalized spacial score (nSPS) is 24.6. The van der Waals surface area contributed by atoms with Crippen LogP contribution in [0.1, 0.15) is 48.0 Å². The highest BCUT2D eigenvalue weighted by Crippen LogP contribution is 2.46. The third kappa shape index (κ3) is 6.24. The molecule has 2 heterocycles. The Balaban J connectivity index is 1.31. The molecule has 1 aromatic heterocycles. The summed E-state index contributed by atoms with van der Waals surface area (Å²) >= 11 is 6.30. The SMILES string of the molecule is COc1ccc(CNc2nc(N3CC4CC4C3)ncc2C(=O)N(C)C2CCC(OP(=O)(O)O)CC2)cc1Cl. The monoisotopic (exact) mass is 565 g/mol. The van der Waals surface area contributed by atoms with E-state index in [2.05, 4.69) is 15.2 Å². The first-order chi connectivity index (χ1) is 18.1. The fourth-order valence-corrected chi connectivity index (χ4v) is 6.35. The van der Waals surface area contributed by atoms with E-state index in [9.17, 15) is 9.36 Å². The number of hydrogen-bond acceptors (Lipinski definition) is 8. The molecule has 206 valence electrons. The van der Waals surface area contributed by atoms with E-state index >= 15 is 0 Å². The summed E-state index contributed by atoms with van der Waals surface area (Å²) in [6.45, 7) is 2.27. The van der Waals surface area contributed by atoms with Gasteiger partial charge in [-0.15, -0.1) is 0 Å². The summed E-state index contributed by atoms with van der Waals surface area (Å²) in [6.07, 6.45) is 4.43. The first-order valence-electron chi connectivity index (χ1n) is 12.8. The number of aromatic nitrogens is 2. The Bertz CT molecular complexity index is 1230. The van der Waals surface area contributed by atoms with E-state index in [-0.39, 0.29) is 11.9 Å². The van der Waals surface area contributed by atoms with Gasteiger partial charge >= 0.3 is 7.82 Å². The van der Waals surface area contributed by atoms with Crippen molar-refractivity contribution in [3.63, 3.8) is 0 Å². The molecule has 1 amide bonds. The Morgan fingerprint density at radius 2 is 1.95 bits per heavy atom. The first-order valence-corrected chi connectivity index (χ1v) is 14.7. The highest BCUT2D eigenvalue weighted by atomic mass is 35.5. The van der Waals surface area contributed by atoms with Crippen molar-refractivity contribution in [3.05, 3.63) is 40.5 Å². The minimum atomic E-state index is -4.53.